The first-order valence-electron chi connectivity index (χ1n) is 6.93. The van der Waals surface area contributed by atoms with Gasteiger partial charge >= 0.3 is 5.69 Å². The average molecular weight is 408 g/mol. The van der Waals surface area contributed by atoms with Gasteiger partial charge in [0.05, 0.1) is 6.61 Å². The smallest absolute Gasteiger partial charge is 0.324 e. The largest absolute Gasteiger partial charge is 0.410 e. The number of ether oxygens (including phenoxy) is 1. The van der Waals surface area contributed by atoms with E-state index in [0.29, 0.717) is 5.69 Å². The second-order valence-corrected chi connectivity index (χ2v) is 5.00. The number of H-pyrrole nitrogens is 1. The van der Waals surface area contributed by atoms with Gasteiger partial charge < -0.3 is 30.6 Å². The number of rotatable bonds is 3. The molecule has 1 aliphatic heterocycles. The fourth-order valence-corrected chi connectivity index (χ4v) is 2.29. The molecule has 1 fully saturated rings. The normalized spacial score (nSPS) is 27.0. The maximum absolute atomic E-state index is 14.0. The molecular weight excluding hydrogens is 394 g/mol. The number of para-hydroxylation sites is 1. The van der Waals surface area contributed by atoms with E-state index in [9.17, 15) is 14.3 Å². The number of halogens is 1. The number of hydrogen-bond donors (Lipinski definition) is 3. The van der Waals surface area contributed by atoms with Crippen molar-refractivity contribution in [3.63, 3.8) is 0 Å². The van der Waals surface area contributed by atoms with Crippen LogP contribution in [0.4, 0.5) is 10.1 Å². The average Bonchev–Trinajstić information content (AvgIpc) is 2.84. The molecule has 24 heavy (non-hydrogen) atoms. The molecule has 1 radical (unpaired) electrons. The number of alkyl halides is 1. The Kier molecular flexibility index (Phi) is 6.59. The van der Waals surface area contributed by atoms with Crippen LogP contribution in [-0.2, 0) is 37.4 Å². The zero-order valence-electron chi connectivity index (χ0n) is 12.5. The van der Waals surface area contributed by atoms with Gasteiger partial charge in [0.2, 0.25) is 0 Å². The molecule has 4 atom stereocenters. The Morgan fingerprint density at radius 1 is 1.42 bits per heavy atom. The molecule has 0 saturated carbocycles. The van der Waals surface area contributed by atoms with Crippen molar-refractivity contribution in [2.24, 2.45) is 4.99 Å². The number of nitrogens with one attached hydrogen (secondary N) is 1. The topological polar surface area (TPSA) is 99.8 Å². The van der Waals surface area contributed by atoms with Gasteiger partial charge in [-0.15, -0.1) is 6.07 Å². The molecule has 0 amide bonds. The summed E-state index contributed by atoms with van der Waals surface area (Å²) in [7, 11) is 0. The van der Waals surface area contributed by atoms with E-state index in [2.05, 4.69) is 22.1 Å². The minimum Gasteiger partial charge on any atom is -0.410 e. The first-order valence-corrected chi connectivity index (χ1v) is 6.93. The first kappa shape index (κ1) is 19.1. The third kappa shape index (κ3) is 3.89. The van der Waals surface area contributed by atoms with Gasteiger partial charge in [-0.25, -0.2) is 9.18 Å². The van der Waals surface area contributed by atoms with Crippen molar-refractivity contribution in [1.29, 1.82) is 0 Å². The number of aliphatic hydroxyl groups excluding tert-OH is 2. The number of aliphatic hydroxyl groups is 2. The molecule has 1 aromatic carbocycles. The standard InChI is InChI=1S/C15H14FN3O4.Y/c16-12-13(21)10(8-20)23-14(12)19-7-6-11(18-15(19)22)17-9-4-2-1-3-5-9;/h1-4,7,10,12-14,20-21H,8H2,(H,17,18,22);/q-2;/t10-,12?,13+,14-;/m1./s1. The maximum atomic E-state index is 14.0. The first-order chi connectivity index (χ1) is 11.1. The molecule has 3 N–H and O–H groups in total. The number of aromatic nitrogens is 2. The van der Waals surface area contributed by atoms with Crippen LogP contribution in [-0.4, -0.2) is 44.8 Å². The van der Waals surface area contributed by atoms with E-state index in [0.717, 1.165) is 4.57 Å². The van der Waals surface area contributed by atoms with E-state index in [1.54, 1.807) is 24.3 Å². The van der Waals surface area contributed by atoms with E-state index in [1.165, 1.54) is 6.20 Å². The fourth-order valence-electron chi connectivity index (χ4n) is 2.29. The van der Waals surface area contributed by atoms with Crippen LogP contribution in [0.1, 0.15) is 6.23 Å². The molecule has 2 heterocycles. The van der Waals surface area contributed by atoms with Crippen molar-refractivity contribution in [3.05, 3.63) is 58.6 Å². The molecule has 7 nitrogen and oxygen atoms in total. The minimum atomic E-state index is -1.84. The Bertz CT molecular complexity index is 795. The fraction of sp³-hybridized carbons (Fsp3) is 0.333. The van der Waals surface area contributed by atoms with Crippen LogP contribution in [0, 0.1) is 12.1 Å². The van der Waals surface area contributed by atoms with Crippen molar-refractivity contribution in [2.45, 2.75) is 24.6 Å². The van der Waals surface area contributed by atoms with Crippen molar-refractivity contribution in [1.82, 2.24) is 9.55 Å². The predicted molar refractivity (Wildman–Crippen MR) is 76.3 cm³/mol. The summed E-state index contributed by atoms with van der Waals surface area (Å²) in [6.45, 7) is -0.544. The van der Waals surface area contributed by atoms with Gasteiger partial charge in [0.25, 0.3) is 0 Å². The Morgan fingerprint density at radius 3 is 2.79 bits per heavy atom. The van der Waals surface area contributed by atoms with Gasteiger partial charge in [0.1, 0.15) is 12.2 Å². The Balaban J connectivity index is 0.00000208. The zero-order chi connectivity index (χ0) is 16.4. The van der Waals surface area contributed by atoms with Crippen LogP contribution in [0.5, 0.6) is 0 Å². The molecule has 9 heteroatoms. The van der Waals surface area contributed by atoms with Crippen LogP contribution in [0.3, 0.4) is 0 Å². The summed E-state index contributed by atoms with van der Waals surface area (Å²) in [5.41, 5.74) is -0.00775. The molecule has 1 saturated heterocycles. The zero-order valence-corrected chi connectivity index (χ0v) is 15.3. The molecular formula is C15H14FN3O4Y-2. The Morgan fingerprint density at radius 2 is 2.21 bits per heavy atom. The number of aromatic amines is 1. The molecule has 125 valence electrons. The molecule has 2 aromatic rings. The Labute approximate surface area is 161 Å². The second kappa shape index (κ2) is 8.27. The van der Waals surface area contributed by atoms with Gasteiger partial charge in [-0.2, -0.15) is 30.5 Å². The molecule has 3 rings (SSSR count). The quantitative estimate of drug-likeness (QED) is 0.602. The molecule has 0 aliphatic carbocycles. The molecule has 1 unspecified atom stereocenters. The van der Waals surface area contributed by atoms with E-state index < -0.39 is 36.9 Å². The van der Waals surface area contributed by atoms with Gasteiger partial charge in [-0.05, 0) is 5.49 Å². The summed E-state index contributed by atoms with van der Waals surface area (Å²) >= 11 is 0. The molecule has 1 aliphatic rings. The summed E-state index contributed by atoms with van der Waals surface area (Å²) in [5.74, 6) is 0. The Hall–Kier alpha value is -1.19. The van der Waals surface area contributed by atoms with Crippen molar-refractivity contribution in [2.75, 3.05) is 6.61 Å². The predicted octanol–water partition coefficient (Wildman–Crippen LogP) is -0.405. The van der Waals surface area contributed by atoms with Crippen molar-refractivity contribution in [3.8, 4) is 0 Å². The minimum absolute atomic E-state index is 0. The van der Waals surface area contributed by atoms with Crippen molar-refractivity contribution < 1.29 is 52.0 Å². The van der Waals surface area contributed by atoms with Crippen LogP contribution in [0.15, 0.2) is 40.2 Å². The second-order valence-electron chi connectivity index (χ2n) is 5.00. The van der Waals surface area contributed by atoms with Gasteiger partial charge in [0.15, 0.2) is 12.4 Å². The third-order valence-corrected chi connectivity index (χ3v) is 3.47. The molecule has 1 aromatic heterocycles. The molecule has 0 bridgehead atoms. The van der Waals surface area contributed by atoms with Crippen LogP contribution >= 0.6 is 0 Å². The number of hydrogen-bond acceptors (Lipinski definition) is 5. The monoisotopic (exact) mass is 408 g/mol. The summed E-state index contributed by atoms with van der Waals surface area (Å²) in [4.78, 5) is 18.7. The van der Waals surface area contributed by atoms with E-state index in [1.807, 2.05) is 0 Å². The van der Waals surface area contributed by atoms with Crippen LogP contribution in [0.2, 0.25) is 0 Å². The van der Waals surface area contributed by atoms with Crippen LogP contribution in [0.25, 0.3) is 0 Å². The molecule has 0 spiro atoms. The van der Waals surface area contributed by atoms with E-state index in [4.69, 9.17) is 9.84 Å². The van der Waals surface area contributed by atoms with Crippen molar-refractivity contribution >= 4 is 5.69 Å². The maximum Gasteiger partial charge on any atom is 0.324 e. The van der Waals surface area contributed by atoms with Gasteiger partial charge in [-0.1, -0.05) is 5.69 Å². The van der Waals surface area contributed by atoms with E-state index in [-0.39, 0.29) is 38.2 Å². The summed E-state index contributed by atoms with van der Waals surface area (Å²) < 4.78 is 20.1. The summed E-state index contributed by atoms with van der Waals surface area (Å²) in [6, 6.07) is 12.5. The van der Waals surface area contributed by atoms with Gasteiger partial charge in [0, 0.05) is 32.7 Å². The SMILES string of the molecule is O=c1[nH]c(=Nc2[c-]cccc2)[c-]cn1[C@@H]1O[C@H](CO)[C@H](O)C1F.[Y]. The third-order valence-electron chi connectivity index (χ3n) is 3.47. The van der Waals surface area contributed by atoms with E-state index >= 15 is 0 Å². The summed E-state index contributed by atoms with van der Waals surface area (Å²) in [6.07, 6.45) is -4.55. The number of benzene rings is 1. The number of nitrogens with zero attached hydrogens (tertiary/aromatic N) is 2. The summed E-state index contributed by atoms with van der Waals surface area (Å²) in [5, 5.41) is 18.6. The van der Waals surface area contributed by atoms with Gasteiger partial charge in [-0.3, -0.25) is 4.99 Å². The van der Waals surface area contributed by atoms with Crippen LogP contribution < -0.4 is 11.2 Å².